The summed E-state index contributed by atoms with van der Waals surface area (Å²) < 4.78 is 25.6. The normalized spacial score (nSPS) is 12.3. The molecular formula is C13H14F2N4O. The Morgan fingerprint density at radius 2 is 2.05 bits per heavy atom. The van der Waals surface area contributed by atoms with Crippen molar-refractivity contribution in [3.8, 4) is 0 Å². The van der Waals surface area contributed by atoms with Crippen molar-refractivity contribution in [1.29, 1.82) is 0 Å². The van der Waals surface area contributed by atoms with Crippen LogP contribution < -0.4 is 11.1 Å². The van der Waals surface area contributed by atoms with E-state index < -0.39 is 24.9 Å². The molecule has 20 heavy (non-hydrogen) atoms. The van der Waals surface area contributed by atoms with Crippen LogP contribution in [0.25, 0.3) is 0 Å². The Balaban J connectivity index is 2.13. The molecule has 7 heteroatoms. The summed E-state index contributed by atoms with van der Waals surface area (Å²) in [6, 6.07) is 8.17. The van der Waals surface area contributed by atoms with Gasteiger partial charge >= 0.3 is 0 Å². The van der Waals surface area contributed by atoms with Crippen molar-refractivity contribution < 1.29 is 13.6 Å². The first-order valence-electron chi connectivity index (χ1n) is 5.97. The van der Waals surface area contributed by atoms with E-state index in [1.165, 1.54) is 12.4 Å². The first-order chi connectivity index (χ1) is 9.56. The maximum atomic E-state index is 12.2. The molecule has 0 aliphatic heterocycles. The second-order valence-corrected chi connectivity index (χ2v) is 4.23. The van der Waals surface area contributed by atoms with Crippen molar-refractivity contribution in [3.05, 3.63) is 48.3 Å². The molecular weight excluding hydrogens is 266 g/mol. The van der Waals surface area contributed by atoms with E-state index in [-0.39, 0.29) is 0 Å². The second-order valence-electron chi connectivity index (χ2n) is 4.23. The van der Waals surface area contributed by atoms with Crippen molar-refractivity contribution in [3.63, 3.8) is 0 Å². The van der Waals surface area contributed by atoms with Crippen LogP contribution in [0, 0.1) is 0 Å². The number of rotatable bonds is 6. The Labute approximate surface area is 114 Å². The van der Waals surface area contributed by atoms with Crippen molar-refractivity contribution in [1.82, 2.24) is 9.78 Å². The van der Waals surface area contributed by atoms with E-state index in [4.69, 9.17) is 5.73 Å². The molecule has 3 N–H and O–H groups in total. The monoisotopic (exact) mass is 280 g/mol. The number of amides is 1. The highest BCUT2D eigenvalue weighted by Gasteiger charge is 2.18. The fourth-order valence-electron chi connectivity index (χ4n) is 1.81. The number of nitrogens with two attached hydrogens (primary N) is 1. The van der Waals surface area contributed by atoms with Gasteiger partial charge in [-0.15, -0.1) is 0 Å². The molecule has 2 rings (SSSR count). The Morgan fingerprint density at radius 1 is 1.35 bits per heavy atom. The minimum absolute atomic E-state index is 0.457. The average molecular weight is 280 g/mol. The zero-order valence-corrected chi connectivity index (χ0v) is 10.5. The van der Waals surface area contributed by atoms with E-state index >= 15 is 0 Å². The van der Waals surface area contributed by atoms with Gasteiger partial charge in [0.25, 0.3) is 6.43 Å². The van der Waals surface area contributed by atoms with E-state index in [1.807, 2.05) is 6.07 Å². The number of hydrogen-bond acceptors (Lipinski definition) is 3. The molecule has 5 nitrogen and oxygen atoms in total. The zero-order valence-electron chi connectivity index (χ0n) is 10.5. The molecule has 0 bridgehead atoms. The van der Waals surface area contributed by atoms with Crippen LogP contribution in [-0.4, -0.2) is 22.1 Å². The number of carbonyl (C=O) groups is 1. The van der Waals surface area contributed by atoms with E-state index in [9.17, 15) is 13.6 Å². The highest BCUT2D eigenvalue weighted by atomic mass is 19.3. The summed E-state index contributed by atoms with van der Waals surface area (Å²) in [4.78, 5) is 11.5. The summed E-state index contributed by atoms with van der Waals surface area (Å²) in [5.74, 6) is -0.558. The molecule has 0 radical (unpaired) electrons. The molecule has 0 saturated heterocycles. The van der Waals surface area contributed by atoms with E-state index in [2.05, 4.69) is 10.4 Å². The van der Waals surface area contributed by atoms with Gasteiger partial charge in [0, 0.05) is 6.20 Å². The average Bonchev–Trinajstić information content (AvgIpc) is 2.83. The summed E-state index contributed by atoms with van der Waals surface area (Å²) in [5, 5.41) is 6.67. The van der Waals surface area contributed by atoms with Crippen LogP contribution in [0.2, 0.25) is 0 Å². The Hall–Kier alpha value is -2.44. The minimum atomic E-state index is -2.48. The zero-order chi connectivity index (χ0) is 14.5. The molecule has 1 heterocycles. The quantitative estimate of drug-likeness (QED) is 0.847. The minimum Gasteiger partial charge on any atom is -0.368 e. The molecule has 106 valence electrons. The number of halogens is 2. The molecule has 0 aliphatic carbocycles. The van der Waals surface area contributed by atoms with Crippen LogP contribution in [0.4, 0.5) is 14.5 Å². The lowest BCUT2D eigenvalue weighted by atomic mass is 10.1. The molecule has 0 fully saturated rings. The van der Waals surface area contributed by atoms with Crippen molar-refractivity contribution in [2.45, 2.75) is 19.0 Å². The Bertz CT molecular complexity index is 571. The summed E-state index contributed by atoms with van der Waals surface area (Å²) in [6.45, 7) is -0.492. The van der Waals surface area contributed by atoms with Crippen molar-refractivity contribution >= 4 is 11.6 Å². The molecule has 1 aromatic heterocycles. The molecule has 0 saturated carbocycles. The van der Waals surface area contributed by atoms with Crippen LogP contribution in [-0.2, 0) is 11.3 Å². The number of hydrogen-bond donors (Lipinski definition) is 2. The largest absolute Gasteiger partial charge is 0.368 e. The van der Waals surface area contributed by atoms with E-state index in [1.54, 1.807) is 24.3 Å². The van der Waals surface area contributed by atoms with Gasteiger partial charge in [0.1, 0.15) is 12.6 Å². The number of nitrogens with one attached hydrogen (secondary N) is 1. The van der Waals surface area contributed by atoms with Gasteiger partial charge in [-0.2, -0.15) is 5.10 Å². The number of primary amides is 1. The van der Waals surface area contributed by atoms with Gasteiger partial charge in [-0.05, 0) is 5.56 Å². The number of anilines is 1. The fraction of sp³-hybridized carbons (Fsp3) is 0.231. The maximum Gasteiger partial charge on any atom is 0.257 e. The standard InChI is InChI=1S/C13H14F2N4O/c14-11(15)8-19-7-10(6-17-19)18-12(13(16)20)9-4-2-1-3-5-9/h1-7,11-12,18H,8H2,(H2,16,20)/t12-/m0/s1. The third-order valence-corrected chi connectivity index (χ3v) is 2.69. The number of nitrogens with zero attached hydrogens (tertiary/aromatic N) is 2. The number of aromatic nitrogens is 2. The second kappa shape index (κ2) is 6.14. The number of carbonyl (C=O) groups excluding carboxylic acids is 1. The van der Waals surface area contributed by atoms with Gasteiger partial charge in [-0.1, -0.05) is 30.3 Å². The summed E-state index contributed by atoms with van der Waals surface area (Å²) in [6.07, 6.45) is 0.301. The van der Waals surface area contributed by atoms with Crippen molar-refractivity contribution in [2.24, 2.45) is 5.73 Å². The van der Waals surface area contributed by atoms with Gasteiger partial charge < -0.3 is 11.1 Å². The first-order valence-corrected chi connectivity index (χ1v) is 5.97. The summed E-state index contributed by atoms with van der Waals surface area (Å²) in [7, 11) is 0. The first kappa shape index (κ1) is 14.0. The van der Waals surface area contributed by atoms with Crippen LogP contribution in [0.5, 0.6) is 0 Å². The van der Waals surface area contributed by atoms with Gasteiger partial charge in [0.15, 0.2) is 0 Å². The van der Waals surface area contributed by atoms with Crippen LogP contribution in [0.3, 0.4) is 0 Å². The summed E-state index contributed by atoms with van der Waals surface area (Å²) in [5.41, 5.74) is 6.51. The van der Waals surface area contributed by atoms with Gasteiger partial charge in [0.2, 0.25) is 5.91 Å². The SMILES string of the molecule is NC(=O)[C@@H](Nc1cnn(CC(F)F)c1)c1ccccc1. The van der Waals surface area contributed by atoms with Crippen LogP contribution in [0.1, 0.15) is 11.6 Å². The van der Waals surface area contributed by atoms with Crippen molar-refractivity contribution in [2.75, 3.05) is 5.32 Å². The van der Waals surface area contributed by atoms with Gasteiger partial charge in [0.05, 0.1) is 11.9 Å². The van der Waals surface area contributed by atoms with E-state index in [0.717, 1.165) is 4.68 Å². The summed E-state index contributed by atoms with van der Waals surface area (Å²) >= 11 is 0. The van der Waals surface area contributed by atoms with Gasteiger partial charge in [-0.25, -0.2) is 8.78 Å². The highest BCUT2D eigenvalue weighted by molar-refractivity contribution is 5.84. The lowest BCUT2D eigenvalue weighted by Crippen LogP contribution is -2.27. The third-order valence-electron chi connectivity index (χ3n) is 2.69. The predicted molar refractivity (Wildman–Crippen MR) is 70.2 cm³/mol. The lowest BCUT2D eigenvalue weighted by molar-refractivity contribution is -0.118. The molecule has 0 aliphatic rings. The Kier molecular flexibility index (Phi) is 4.29. The molecule has 0 spiro atoms. The molecule has 1 atom stereocenters. The highest BCUT2D eigenvalue weighted by Crippen LogP contribution is 2.19. The molecule has 2 aromatic rings. The Morgan fingerprint density at radius 3 is 2.65 bits per heavy atom. The maximum absolute atomic E-state index is 12.2. The number of alkyl halides is 2. The third kappa shape index (κ3) is 3.53. The molecule has 1 aromatic carbocycles. The topological polar surface area (TPSA) is 72.9 Å². The molecule has 0 unspecified atom stereocenters. The fourth-order valence-corrected chi connectivity index (χ4v) is 1.81. The van der Waals surface area contributed by atoms with Crippen LogP contribution in [0.15, 0.2) is 42.7 Å². The molecule has 1 amide bonds. The smallest absolute Gasteiger partial charge is 0.257 e. The van der Waals surface area contributed by atoms with Gasteiger partial charge in [-0.3, -0.25) is 9.48 Å². The number of benzene rings is 1. The predicted octanol–water partition coefficient (Wildman–Crippen LogP) is 1.79. The lowest BCUT2D eigenvalue weighted by Gasteiger charge is -2.15. The van der Waals surface area contributed by atoms with E-state index in [0.29, 0.717) is 11.3 Å². The van der Waals surface area contributed by atoms with Crippen LogP contribution >= 0.6 is 0 Å².